The Kier molecular flexibility index (Phi) is 3.88. The molecule has 0 aliphatic carbocycles. The van der Waals surface area contributed by atoms with E-state index in [1.165, 1.54) is 0 Å². The van der Waals surface area contributed by atoms with E-state index in [4.69, 9.17) is 0 Å². The van der Waals surface area contributed by atoms with Crippen molar-refractivity contribution in [1.29, 1.82) is 0 Å². The Hall–Kier alpha value is -0.870. The van der Waals surface area contributed by atoms with Gasteiger partial charge < -0.3 is 4.55 Å². The number of aromatic nitrogens is 1. The van der Waals surface area contributed by atoms with E-state index in [2.05, 4.69) is 9.38 Å². The quantitative estimate of drug-likeness (QED) is 0.571. The van der Waals surface area contributed by atoms with Gasteiger partial charge in [-0.3, -0.25) is 4.98 Å². The second-order valence-electron chi connectivity index (χ2n) is 4.30. The molecule has 0 aromatic carbocycles. The van der Waals surface area contributed by atoms with Crippen LogP contribution in [0.25, 0.3) is 0 Å². The maximum Gasteiger partial charge on any atom is 0.144 e. The highest BCUT2D eigenvalue weighted by atomic mass is 32.2. The summed E-state index contributed by atoms with van der Waals surface area (Å²) in [5.74, 6) is 0. The molecule has 0 aliphatic heterocycles. The zero-order valence-electron chi connectivity index (χ0n) is 9.52. The Morgan fingerprint density at radius 1 is 1.47 bits per heavy atom. The Labute approximate surface area is 94.0 Å². The van der Waals surface area contributed by atoms with Crippen molar-refractivity contribution >= 4 is 17.6 Å². The summed E-state index contributed by atoms with van der Waals surface area (Å²) in [7, 11) is 0. The fraction of sp³-hybridized carbons (Fsp3) is 0.455. The second kappa shape index (κ2) is 4.77. The lowest BCUT2D eigenvalue weighted by Gasteiger charge is -2.17. The van der Waals surface area contributed by atoms with Gasteiger partial charge in [0.25, 0.3) is 0 Å². The monoisotopic (exact) mass is 224 g/mol. The van der Waals surface area contributed by atoms with Gasteiger partial charge >= 0.3 is 0 Å². The molecule has 82 valence electrons. The Morgan fingerprint density at radius 2 is 2.13 bits per heavy atom. The molecule has 0 fully saturated rings. The second-order valence-corrected chi connectivity index (χ2v) is 6.24. The van der Waals surface area contributed by atoms with Crippen LogP contribution >= 0.6 is 0 Å². The Morgan fingerprint density at radius 3 is 2.67 bits per heavy atom. The molecule has 0 radical (unpaired) electrons. The first kappa shape index (κ1) is 12.2. The van der Waals surface area contributed by atoms with Crippen LogP contribution in [-0.2, 0) is 11.4 Å². The Bertz CT molecular complexity index is 358. The molecule has 0 amide bonds. The van der Waals surface area contributed by atoms with E-state index < -0.39 is 11.4 Å². The highest BCUT2D eigenvalue weighted by Crippen LogP contribution is 2.16. The minimum atomic E-state index is -1.22. The summed E-state index contributed by atoms with van der Waals surface area (Å²) < 4.78 is 15.3. The molecule has 1 rings (SSSR count). The normalized spacial score (nSPS) is 14.5. The molecule has 0 bridgehead atoms. The molecule has 1 atom stereocenters. The molecule has 0 unspecified atom stereocenters. The number of aryl methyl sites for hydroxylation is 1. The number of nitrogens with zero attached hydrogens (tertiary/aromatic N) is 2. The summed E-state index contributed by atoms with van der Waals surface area (Å²) in [6, 6.07) is 3.82. The summed E-state index contributed by atoms with van der Waals surface area (Å²) >= 11 is -1.22. The molecule has 0 spiro atoms. The average Bonchev–Trinajstić information content (AvgIpc) is 2.14. The first-order valence-electron chi connectivity index (χ1n) is 4.79. The molecular formula is C11H16N2OS. The average molecular weight is 224 g/mol. The Balaban J connectivity index is 2.79. The van der Waals surface area contributed by atoms with Gasteiger partial charge in [-0.15, -0.1) is 0 Å². The van der Waals surface area contributed by atoms with E-state index in [0.29, 0.717) is 0 Å². The lowest BCUT2D eigenvalue weighted by atomic mass is 10.2. The van der Waals surface area contributed by atoms with Crippen LogP contribution in [-0.4, -0.2) is 20.5 Å². The van der Waals surface area contributed by atoms with Gasteiger partial charge in [-0.05, 0) is 39.3 Å². The van der Waals surface area contributed by atoms with Crippen LogP contribution < -0.4 is 0 Å². The maximum absolute atomic E-state index is 11.6. The van der Waals surface area contributed by atoms with Crippen molar-refractivity contribution in [1.82, 2.24) is 4.98 Å². The van der Waals surface area contributed by atoms with Crippen LogP contribution in [0.4, 0.5) is 0 Å². The van der Waals surface area contributed by atoms with Crippen LogP contribution in [0.2, 0.25) is 0 Å². The predicted octanol–water partition coefficient (Wildman–Crippen LogP) is 2.27. The van der Waals surface area contributed by atoms with Gasteiger partial charge in [0, 0.05) is 6.20 Å². The van der Waals surface area contributed by atoms with E-state index in [-0.39, 0.29) is 4.75 Å². The SMILES string of the molecule is Cc1cccnc1/C=N/[S@@+]([O-])C(C)(C)C. The van der Waals surface area contributed by atoms with Crippen LogP contribution in [0.5, 0.6) is 0 Å². The van der Waals surface area contributed by atoms with Crippen molar-refractivity contribution in [2.24, 2.45) is 4.40 Å². The third-order valence-electron chi connectivity index (χ3n) is 1.84. The van der Waals surface area contributed by atoms with Gasteiger partial charge in [-0.1, -0.05) is 10.5 Å². The molecular weight excluding hydrogens is 208 g/mol. The molecule has 1 aromatic heterocycles. The van der Waals surface area contributed by atoms with E-state index >= 15 is 0 Å². The van der Waals surface area contributed by atoms with Gasteiger partial charge in [0.1, 0.15) is 22.3 Å². The minimum Gasteiger partial charge on any atom is -0.591 e. The molecule has 0 saturated heterocycles. The zero-order valence-corrected chi connectivity index (χ0v) is 10.3. The van der Waals surface area contributed by atoms with Crippen LogP contribution in [0.1, 0.15) is 32.0 Å². The largest absolute Gasteiger partial charge is 0.591 e. The fourth-order valence-electron chi connectivity index (χ4n) is 0.889. The van der Waals surface area contributed by atoms with Crippen LogP contribution in [0, 0.1) is 6.92 Å². The zero-order chi connectivity index (χ0) is 11.5. The standard InChI is InChI=1S/C11H16N2OS/c1-9-6-5-7-12-10(9)8-13-15(14)11(2,3)4/h5-8H,1-4H3/b13-8+/t15-/m0/s1. The minimum absolute atomic E-state index is 0.320. The first-order chi connectivity index (χ1) is 6.91. The first-order valence-corrected chi connectivity index (χ1v) is 5.89. The smallest absolute Gasteiger partial charge is 0.144 e. The van der Waals surface area contributed by atoms with Crippen LogP contribution in [0.15, 0.2) is 22.7 Å². The predicted molar refractivity (Wildman–Crippen MR) is 64.5 cm³/mol. The van der Waals surface area contributed by atoms with Gasteiger partial charge in [-0.2, -0.15) is 0 Å². The molecule has 0 aliphatic rings. The number of rotatable bonds is 2. The number of hydrogen-bond donors (Lipinski definition) is 0. The maximum atomic E-state index is 11.6. The lowest BCUT2D eigenvalue weighted by molar-refractivity contribution is 0.562. The molecule has 1 heterocycles. The van der Waals surface area contributed by atoms with Gasteiger partial charge in [0.2, 0.25) is 0 Å². The summed E-state index contributed by atoms with van der Waals surface area (Å²) in [6.45, 7) is 7.64. The van der Waals surface area contributed by atoms with Gasteiger partial charge in [-0.25, -0.2) is 0 Å². The highest BCUT2D eigenvalue weighted by molar-refractivity contribution is 7.91. The van der Waals surface area contributed by atoms with Crippen molar-refractivity contribution in [3.05, 3.63) is 29.6 Å². The van der Waals surface area contributed by atoms with Crippen molar-refractivity contribution in [2.75, 3.05) is 0 Å². The molecule has 0 N–H and O–H groups in total. The third-order valence-corrected chi connectivity index (χ3v) is 3.19. The van der Waals surface area contributed by atoms with Gasteiger partial charge in [0.05, 0.1) is 5.69 Å². The molecule has 0 saturated carbocycles. The van der Waals surface area contributed by atoms with Gasteiger partial charge in [0.15, 0.2) is 0 Å². The summed E-state index contributed by atoms with van der Waals surface area (Å²) in [5.41, 5.74) is 1.81. The highest BCUT2D eigenvalue weighted by Gasteiger charge is 2.25. The lowest BCUT2D eigenvalue weighted by Crippen LogP contribution is -2.25. The number of pyridine rings is 1. The molecule has 1 aromatic rings. The third kappa shape index (κ3) is 3.64. The van der Waals surface area contributed by atoms with E-state index in [9.17, 15) is 4.55 Å². The van der Waals surface area contributed by atoms with Crippen molar-refractivity contribution < 1.29 is 4.55 Å². The molecule has 15 heavy (non-hydrogen) atoms. The molecule has 4 heteroatoms. The summed E-state index contributed by atoms with van der Waals surface area (Å²) in [4.78, 5) is 4.15. The topological polar surface area (TPSA) is 48.3 Å². The number of hydrogen-bond acceptors (Lipinski definition) is 3. The van der Waals surface area contributed by atoms with E-state index in [1.807, 2.05) is 39.8 Å². The summed E-state index contributed by atoms with van der Waals surface area (Å²) in [6.07, 6.45) is 3.28. The fourth-order valence-corrected chi connectivity index (χ4v) is 1.40. The van der Waals surface area contributed by atoms with Crippen LogP contribution in [0.3, 0.4) is 0 Å². The van der Waals surface area contributed by atoms with Crippen molar-refractivity contribution in [3.63, 3.8) is 0 Å². The summed E-state index contributed by atoms with van der Waals surface area (Å²) in [5, 5.41) is 0. The van der Waals surface area contributed by atoms with Crippen molar-refractivity contribution in [3.8, 4) is 0 Å². The van der Waals surface area contributed by atoms with E-state index in [0.717, 1.165) is 11.3 Å². The van der Waals surface area contributed by atoms with E-state index in [1.54, 1.807) is 12.4 Å². The molecule has 3 nitrogen and oxygen atoms in total. The van der Waals surface area contributed by atoms with Crippen molar-refractivity contribution in [2.45, 2.75) is 32.4 Å².